The summed E-state index contributed by atoms with van der Waals surface area (Å²) in [6, 6.07) is 12.6. The van der Waals surface area contributed by atoms with Crippen molar-refractivity contribution in [2.75, 3.05) is 11.1 Å². The number of nitrogens with one attached hydrogen (secondary N) is 1. The van der Waals surface area contributed by atoms with Gasteiger partial charge in [0.15, 0.2) is 5.16 Å². The highest BCUT2D eigenvalue weighted by atomic mass is 35.5. The van der Waals surface area contributed by atoms with E-state index in [0.717, 1.165) is 53.5 Å². The van der Waals surface area contributed by atoms with Crippen LogP contribution in [0.1, 0.15) is 69.3 Å². The van der Waals surface area contributed by atoms with Gasteiger partial charge in [-0.3, -0.25) is 9.59 Å². The molecule has 0 bridgehead atoms. The Bertz CT molecular complexity index is 1540. The van der Waals surface area contributed by atoms with Crippen LogP contribution < -0.4 is 10.9 Å². The van der Waals surface area contributed by atoms with E-state index < -0.39 is 0 Å². The molecule has 4 rings (SSSR count). The number of unbranched alkanes of at least 4 members (excludes halogenated alkanes) is 7. The zero-order valence-corrected chi connectivity index (χ0v) is 25.9. The molecule has 218 valence electrons. The molecule has 0 aliphatic heterocycles. The average molecular weight is 616 g/mol. The highest BCUT2D eigenvalue weighted by Gasteiger charge is 2.14. The van der Waals surface area contributed by atoms with Gasteiger partial charge >= 0.3 is 0 Å². The first-order chi connectivity index (χ1) is 19.8. The molecule has 2 aromatic heterocycles. The Morgan fingerprint density at radius 1 is 0.902 bits per heavy atom. The third-order valence-corrected chi connectivity index (χ3v) is 8.67. The van der Waals surface area contributed by atoms with Gasteiger partial charge in [-0.15, -0.1) is 10.2 Å². The molecule has 4 aromatic rings. The van der Waals surface area contributed by atoms with Crippen molar-refractivity contribution in [3.8, 4) is 0 Å². The fourth-order valence-electron chi connectivity index (χ4n) is 4.70. The summed E-state index contributed by atoms with van der Waals surface area (Å²) in [5, 5.41) is 19.6. The number of aryl methyl sites for hydroxylation is 1. The summed E-state index contributed by atoms with van der Waals surface area (Å²) in [5.74, 6) is 1.81. The van der Waals surface area contributed by atoms with Crippen molar-refractivity contribution < 1.29 is 4.79 Å². The average Bonchev–Trinajstić information content (AvgIpc) is 3.30. The van der Waals surface area contributed by atoms with Gasteiger partial charge in [0.1, 0.15) is 5.82 Å². The molecule has 0 spiro atoms. The zero-order chi connectivity index (χ0) is 29.2. The maximum Gasteiger partial charge on any atom is 0.274 e. The van der Waals surface area contributed by atoms with Crippen LogP contribution in [0.25, 0.3) is 10.8 Å². The lowest BCUT2D eigenvalue weighted by Crippen LogP contribution is -2.21. The lowest BCUT2D eigenvalue weighted by Gasteiger charge is -2.08. The number of carbonyl (C=O) groups is 1. The van der Waals surface area contributed by atoms with E-state index in [1.165, 1.54) is 30.4 Å². The number of nitrogens with zero attached hydrogens (tertiary/aromatic N) is 5. The predicted molar refractivity (Wildman–Crippen MR) is 168 cm³/mol. The van der Waals surface area contributed by atoms with Gasteiger partial charge in [0.2, 0.25) is 5.91 Å². The molecule has 0 saturated carbocycles. The van der Waals surface area contributed by atoms with E-state index in [1.54, 1.807) is 37.0 Å². The van der Waals surface area contributed by atoms with Crippen LogP contribution in [0.3, 0.4) is 0 Å². The summed E-state index contributed by atoms with van der Waals surface area (Å²) >= 11 is 13.7. The first-order valence-corrected chi connectivity index (χ1v) is 15.8. The Morgan fingerprint density at radius 2 is 1.59 bits per heavy atom. The second-order valence-electron chi connectivity index (χ2n) is 10.2. The number of thioether (sulfide) groups is 1. The van der Waals surface area contributed by atoms with Crippen molar-refractivity contribution in [1.82, 2.24) is 24.5 Å². The van der Waals surface area contributed by atoms with E-state index in [-0.39, 0.29) is 11.5 Å². The Hall–Kier alpha value is -2.88. The van der Waals surface area contributed by atoms with E-state index in [1.807, 2.05) is 35.9 Å². The van der Waals surface area contributed by atoms with Gasteiger partial charge in [-0.1, -0.05) is 91.7 Å². The molecule has 0 unspecified atom stereocenters. The summed E-state index contributed by atoms with van der Waals surface area (Å²) < 4.78 is 3.42. The number of amides is 1. The fourth-order valence-corrected chi connectivity index (χ4v) is 6.08. The Labute approximate surface area is 254 Å². The number of hydrogen-bond acceptors (Lipinski definition) is 6. The summed E-state index contributed by atoms with van der Waals surface area (Å²) in [5.41, 5.74) is 1.33. The minimum Gasteiger partial charge on any atom is -0.325 e. The van der Waals surface area contributed by atoms with E-state index in [2.05, 4.69) is 20.6 Å². The molecule has 2 heterocycles. The number of rotatable bonds is 15. The number of fused-ring (bicyclic) bond motifs is 1. The van der Waals surface area contributed by atoms with Crippen molar-refractivity contribution in [2.45, 2.75) is 69.4 Å². The first kappa shape index (κ1) is 31.1. The molecule has 0 aliphatic carbocycles. The minimum atomic E-state index is -0.0973. The van der Waals surface area contributed by atoms with E-state index in [0.29, 0.717) is 34.0 Å². The number of anilines is 1. The number of benzene rings is 2. The van der Waals surface area contributed by atoms with Gasteiger partial charge in [-0.25, -0.2) is 4.68 Å². The fraction of sp³-hybridized carbons (Fsp3) is 0.433. The van der Waals surface area contributed by atoms with Crippen molar-refractivity contribution in [1.29, 1.82) is 0 Å². The topological polar surface area (TPSA) is 94.7 Å². The van der Waals surface area contributed by atoms with E-state index in [9.17, 15) is 9.59 Å². The van der Waals surface area contributed by atoms with Gasteiger partial charge < -0.3 is 9.88 Å². The van der Waals surface area contributed by atoms with Crippen molar-refractivity contribution in [3.05, 3.63) is 74.4 Å². The van der Waals surface area contributed by atoms with Crippen molar-refractivity contribution in [2.24, 2.45) is 14.1 Å². The highest BCUT2D eigenvalue weighted by molar-refractivity contribution is 7.99. The SMILES string of the molecule is Cn1c(Cc2nn(C)c(=O)c3ccccc23)nnc1SCCCCCCCCCCC(=O)Nc1ccc(Cl)cc1Cl. The maximum atomic E-state index is 12.4. The number of aromatic nitrogens is 5. The van der Waals surface area contributed by atoms with Crippen LogP contribution in [-0.2, 0) is 25.3 Å². The largest absolute Gasteiger partial charge is 0.325 e. The third-order valence-electron chi connectivity index (χ3n) is 7.02. The molecule has 0 radical (unpaired) electrons. The van der Waals surface area contributed by atoms with Gasteiger partial charge in [-0.2, -0.15) is 5.10 Å². The Morgan fingerprint density at radius 3 is 2.32 bits per heavy atom. The molecule has 0 saturated heterocycles. The molecule has 8 nitrogen and oxygen atoms in total. The van der Waals surface area contributed by atoms with E-state index >= 15 is 0 Å². The van der Waals surface area contributed by atoms with E-state index in [4.69, 9.17) is 23.2 Å². The van der Waals surface area contributed by atoms with Gasteiger partial charge in [0.05, 0.1) is 28.2 Å². The van der Waals surface area contributed by atoms with Crippen LogP contribution >= 0.6 is 35.0 Å². The van der Waals surface area contributed by atoms with Crippen LogP contribution in [-0.4, -0.2) is 36.2 Å². The molecular formula is C30H36Cl2N6O2S. The molecular weight excluding hydrogens is 579 g/mol. The Balaban J connectivity index is 1.08. The lowest BCUT2D eigenvalue weighted by molar-refractivity contribution is -0.116. The standard InChI is InChI=1S/C30H36Cl2N6O2S/c1-37-27(20-26-22-13-10-11-14-23(22)29(40)38(2)36-26)34-35-30(37)41-18-12-8-6-4-3-5-7-9-15-28(39)33-25-17-16-21(31)19-24(25)32/h10-11,13-14,16-17,19H,3-9,12,15,18,20H2,1-2H3,(H,33,39). The molecule has 0 atom stereocenters. The number of halogens is 2. The maximum absolute atomic E-state index is 12.4. The molecule has 41 heavy (non-hydrogen) atoms. The van der Waals surface area contributed by atoms with Gasteiger partial charge in [0, 0.05) is 36.7 Å². The van der Waals surface area contributed by atoms with Crippen LogP contribution in [0.4, 0.5) is 5.69 Å². The first-order valence-electron chi connectivity index (χ1n) is 14.0. The monoisotopic (exact) mass is 614 g/mol. The quantitative estimate of drug-likeness (QED) is 0.112. The predicted octanol–water partition coefficient (Wildman–Crippen LogP) is 7.20. The summed E-state index contributed by atoms with van der Waals surface area (Å²) in [4.78, 5) is 24.5. The lowest BCUT2D eigenvalue weighted by atomic mass is 10.1. The van der Waals surface area contributed by atoms with Crippen LogP contribution in [0.2, 0.25) is 10.0 Å². The third kappa shape index (κ3) is 8.80. The smallest absolute Gasteiger partial charge is 0.274 e. The molecule has 1 N–H and O–H groups in total. The molecule has 11 heteroatoms. The van der Waals surface area contributed by atoms with Gasteiger partial charge in [0.25, 0.3) is 5.56 Å². The summed E-state index contributed by atoms with van der Waals surface area (Å²) in [6.07, 6.45) is 10.0. The van der Waals surface area contributed by atoms with Crippen LogP contribution in [0.15, 0.2) is 52.4 Å². The van der Waals surface area contributed by atoms with Crippen LogP contribution in [0.5, 0.6) is 0 Å². The van der Waals surface area contributed by atoms with Gasteiger partial charge in [-0.05, 0) is 37.1 Å². The number of hydrogen-bond donors (Lipinski definition) is 1. The van der Waals surface area contributed by atoms with Crippen LogP contribution in [0, 0.1) is 0 Å². The normalized spacial score (nSPS) is 11.3. The zero-order valence-electron chi connectivity index (χ0n) is 23.5. The second kappa shape index (κ2) is 15.4. The minimum absolute atomic E-state index is 0.0149. The summed E-state index contributed by atoms with van der Waals surface area (Å²) in [7, 11) is 3.66. The molecule has 1 amide bonds. The number of carbonyl (C=O) groups excluding carboxylic acids is 1. The van der Waals surface area contributed by atoms with Crippen molar-refractivity contribution >= 4 is 57.3 Å². The Kier molecular flexibility index (Phi) is 11.7. The molecule has 0 fully saturated rings. The molecule has 2 aromatic carbocycles. The molecule has 0 aliphatic rings. The second-order valence-corrected chi connectivity index (χ2v) is 12.1. The van der Waals surface area contributed by atoms with Crippen molar-refractivity contribution in [3.63, 3.8) is 0 Å². The summed E-state index contributed by atoms with van der Waals surface area (Å²) in [6.45, 7) is 0. The highest BCUT2D eigenvalue weighted by Crippen LogP contribution is 2.26.